The molecule has 27 heavy (non-hydrogen) atoms. The molecule has 1 fully saturated rings. The number of likely N-dealkylation sites (tertiary alicyclic amines) is 1. The van der Waals surface area contributed by atoms with Gasteiger partial charge in [0.15, 0.2) is 0 Å². The standard InChI is InChI=1S/C21H33N3O3/c1-5-7-16(8-6-2)19(25)22-18-13-17(14-23(4)21(18)27)20(26)24-11-9-15(3)10-12-24/h13-16H,5-12H2,1-4H3,(H,22,25). The molecule has 1 aromatic rings. The Labute approximate surface area is 161 Å². The highest BCUT2D eigenvalue weighted by molar-refractivity contribution is 5.97. The van der Waals surface area contributed by atoms with Crippen molar-refractivity contribution in [2.24, 2.45) is 18.9 Å². The van der Waals surface area contributed by atoms with Gasteiger partial charge in [-0.2, -0.15) is 0 Å². The molecule has 0 aliphatic carbocycles. The first-order chi connectivity index (χ1) is 12.9. The molecular weight excluding hydrogens is 342 g/mol. The van der Waals surface area contributed by atoms with E-state index in [0.717, 1.165) is 51.6 Å². The summed E-state index contributed by atoms with van der Waals surface area (Å²) in [6.07, 6.45) is 6.99. The van der Waals surface area contributed by atoms with Crippen molar-refractivity contribution in [3.05, 3.63) is 28.2 Å². The summed E-state index contributed by atoms with van der Waals surface area (Å²) >= 11 is 0. The maximum Gasteiger partial charge on any atom is 0.274 e. The van der Waals surface area contributed by atoms with Crippen LogP contribution < -0.4 is 10.9 Å². The average Bonchev–Trinajstić information content (AvgIpc) is 2.65. The molecule has 2 rings (SSSR count). The van der Waals surface area contributed by atoms with Gasteiger partial charge in [0.2, 0.25) is 5.91 Å². The highest BCUT2D eigenvalue weighted by atomic mass is 16.2. The van der Waals surface area contributed by atoms with Gasteiger partial charge in [-0.15, -0.1) is 0 Å². The molecule has 2 amide bonds. The van der Waals surface area contributed by atoms with Crippen molar-refractivity contribution in [2.45, 2.75) is 59.3 Å². The first-order valence-corrected chi connectivity index (χ1v) is 10.2. The fourth-order valence-corrected chi connectivity index (χ4v) is 3.65. The Balaban J connectivity index is 2.21. The van der Waals surface area contributed by atoms with E-state index in [2.05, 4.69) is 12.2 Å². The minimum absolute atomic E-state index is 0.0772. The van der Waals surface area contributed by atoms with E-state index in [4.69, 9.17) is 0 Å². The number of anilines is 1. The minimum Gasteiger partial charge on any atom is -0.339 e. The number of nitrogens with one attached hydrogen (secondary N) is 1. The quantitative estimate of drug-likeness (QED) is 0.794. The lowest BCUT2D eigenvalue weighted by Gasteiger charge is -2.30. The van der Waals surface area contributed by atoms with Crippen LogP contribution in [0.25, 0.3) is 0 Å². The molecule has 1 saturated heterocycles. The van der Waals surface area contributed by atoms with E-state index in [9.17, 15) is 14.4 Å². The van der Waals surface area contributed by atoms with Crippen molar-refractivity contribution < 1.29 is 9.59 Å². The van der Waals surface area contributed by atoms with E-state index < -0.39 is 0 Å². The van der Waals surface area contributed by atoms with Crippen molar-refractivity contribution in [3.8, 4) is 0 Å². The molecule has 0 spiro atoms. The zero-order valence-electron chi connectivity index (χ0n) is 17.1. The van der Waals surface area contributed by atoms with E-state index in [1.807, 2.05) is 18.7 Å². The van der Waals surface area contributed by atoms with Gasteiger partial charge in [0.05, 0.1) is 5.56 Å². The summed E-state index contributed by atoms with van der Waals surface area (Å²) in [6.45, 7) is 7.77. The van der Waals surface area contributed by atoms with Crippen LogP contribution in [0.3, 0.4) is 0 Å². The lowest BCUT2D eigenvalue weighted by molar-refractivity contribution is -0.120. The molecule has 1 aromatic heterocycles. The van der Waals surface area contributed by atoms with Gasteiger partial charge < -0.3 is 14.8 Å². The fourth-order valence-electron chi connectivity index (χ4n) is 3.65. The lowest BCUT2D eigenvalue weighted by atomic mass is 9.97. The highest BCUT2D eigenvalue weighted by Crippen LogP contribution is 2.20. The van der Waals surface area contributed by atoms with Gasteiger partial charge in [0, 0.05) is 32.3 Å². The van der Waals surface area contributed by atoms with Gasteiger partial charge >= 0.3 is 0 Å². The second-order valence-electron chi connectivity index (χ2n) is 7.80. The summed E-state index contributed by atoms with van der Waals surface area (Å²) in [5, 5.41) is 2.78. The summed E-state index contributed by atoms with van der Waals surface area (Å²) < 4.78 is 1.38. The van der Waals surface area contributed by atoms with Crippen molar-refractivity contribution >= 4 is 17.5 Å². The number of carbonyl (C=O) groups excluding carboxylic acids is 2. The normalized spacial score (nSPS) is 15.2. The number of nitrogens with zero attached hydrogens (tertiary/aromatic N) is 2. The molecule has 2 heterocycles. The van der Waals surface area contributed by atoms with Crippen LogP contribution in [0.5, 0.6) is 0 Å². The Morgan fingerprint density at radius 1 is 1.19 bits per heavy atom. The SMILES string of the molecule is CCCC(CCC)C(=O)Nc1cc(C(=O)N2CCC(C)CC2)cn(C)c1=O. The first-order valence-electron chi connectivity index (χ1n) is 10.2. The van der Waals surface area contributed by atoms with E-state index >= 15 is 0 Å². The summed E-state index contributed by atoms with van der Waals surface area (Å²) in [6, 6.07) is 1.54. The maximum atomic E-state index is 12.8. The number of amides is 2. The maximum absolute atomic E-state index is 12.8. The van der Waals surface area contributed by atoms with Crippen LogP contribution in [0.2, 0.25) is 0 Å². The topological polar surface area (TPSA) is 71.4 Å². The number of pyridine rings is 1. The van der Waals surface area contributed by atoms with Crippen molar-refractivity contribution in [3.63, 3.8) is 0 Å². The molecule has 6 nitrogen and oxygen atoms in total. The molecule has 0 saturated carbocycles. The van der Waals surface area contributed by atoms with Crippen LogP contribution >= 0.6 is 0 Å². The number of piperidine rings is 1. The molecule has 0 unspecified atom stereocenters. The van der Waals surface area contributed by atoms with Gasteiger partial charge in [-0.25, -0.2) is 0 Å². The summed E-state index contributed by atoms with van der Waals surface area (Å²) in [4.78, 5) is 39.8. The van der Waals surface area contributed by atoms with Crippen LogP contribution in [0, 0.1) is 11.8 Å². The minimum atomic E-state index is -0.293. The summed E-state index contributed by atoms with van der Waals surface area (Å²) in [5.74, 6) is 0.324. The number of aromatic nitrogens is 1. The first kappa shape index (κ1) is 21.2. The van der Waals surface area contributed by atoms with E-state index in [1.165, 1.54) is 10.6 Å². The van der Waals surface area contributed by atoms with Gasteiger partial charge in [-0.05, 0) is 37.7 Å². The third kappa shape index (κ3) is 5.44. The van der Waals surface area contributed by atoms with Crippen molar-refractivity contribution in [2.75, 3.05) is 18.4 Å². The largest absolute Gasteiger partial charge is 0.339 e. The predicted octanol–water partition coefficient (Wildman–Crippen LogP) is 3.41. The zero-order chi connectivity index (χ0) is 20.0. The Morgan fingerprint density at radius 2 is 1.78 bits per heavy atom. The predicted molar refractivity (Wildman–Crippen MR) is 108 cm³/mol. The molecular formula is C21H33N3O3. The number of aryl methyl sites for hydroxylation is 1. The summed E-state index contributed by atoms with van der Waals surface area (Å²) in [7, 11) is 1.61. The van der Waals surface area contributed by atoms with Gasteiger partial charge in [0.25, 0.3) is 11.5 Å². The fraction of sp³-hybridized carbons (Fsp3) is 0.667. The Bertz CT molecular complexity index is 712. The summed E-state index contributed by atoms with van der Waals surface area (Å²) in [5.41, 5.74) is 0.347. The lowest BCUT2D eigenvalue weighted by Crippen LogP contribution is -2.38. The molecule has 6 heteroatoms. The number of hydrogen-bond donors (Lipinski definition) is 1. The average molecular weight is 376 g/mol. The number of rotatable bonds is 7. The third-order valence-electron chi connectivity index (χ3n) is 5.40. The van der Waals surface area contributed by atoms with Crippen LogP contribution in [0.1, 0.15) is 69.7 Å². The Hall–Kier alpha value is -2.11. The highest BCUT2D eigenvalue weighted by Gasteiger charge is 2.24. The molecule has 1 aliphatic rings. The van der Waals surface area contributed by atoms with Crippen molar-refractivity contribution in [1.82, 2.24) is 9.47 Å². The second-order valence-corrected chi connectivity index (χ2v) is 7.80. The molecule has 0 radical (unpaired) electrons. The second kappa shape index (κ2) is 9.72. The van der Waals surface area contributed by atoms with E-state index in [-0.39, 0.29) is 29.0 Å². The Morgan fingerprint density at radius 3 is 2.33 bits per heavy atom. The van der Waals surface area contributed by atoms with E-state index in [0.29, 0.717) is 11.5 Å². The van der Waals surface area contributed by atoms with Crippen LogP contribution in [0.4, 0.5) is 5.69 Å². The zero-order valence-corrected chi connectivity index (χ0v) is 17.1. The van der Waals surface area contributed by atoms with Gasteiger partial charge in [-0.3, -0.25) is 14.4 Å². The monoisotopic (exact) mass is 375 g/mol. The van der Waals surface area contributed by atoms with Gasteiger partial charge in [-0.1, -0.05) is 33.6 Å². The molecule has 0 atom stereocenters. The molecule has 0 bridgehead atoms. The van der Waals surface area contributed by atoms with Crippen molar-refractivity contribution in [1.29, 1.82) is 0 Å². The Kier molecular flexibility index (Phi) is 7.63. The van der Waals surface area contributed by atoms with Crippen LogP contribution in [-0.2, 0) is 11.8 Å². The molecule has 1 aliphatic heterocycles. The number of carbonyl (C=O) groups is 2. The van der Waals surface area contributed by atoms with E-state index in [1.54, 1.807) is 13.2 Å². The smallest absolute Gasteiger partial charge is 0.274 e. The van der Waals surface area contributed by atoms with Crippen LogP contribution in [0.15, 0.2) is 17.1 Å². The van der Waals surface area contributed by atoms with Gasteiger partial charge in [0.1, 0.15) is 5.69 Å². The van der Waals surface area contributed by atoms with Crippen LogP contribution in [-0.4, -0.2) is 34.4 Å². The number of hydrogen-bond acceptors (Lipinski definition) is 3. The molecule has 0 aromatic carbocycles. The molecule has 1 N–H and O–H groups in total. The molecule has 150 valence electrons. The third-order valence-corrected chi connectivity index (χ3v) is 5.40.